The zero-order valence-corrected chi connectivity index (χ0v) is 18.6. The smallest absolute Gasteiger partial charge is 0.355 e. The van der Waals surface area contributed by atoms with Gasteiger partial charge in [0.2, 0.25) is 5.95 Å². The molecule has 0 saturated heterocycles. The first-order chi connectivity index (χ1) is 15.5. The lowest BCUT2D eigenvalue weighted by Gasteiger charge is -2.16. The number of nitrogen functional groups attached to an aromatic ring is 1. The molecule has 1 aromatic carbocycles. The SMILES string of the molecule is CCCCCCn1c(NCc2cccnc2N)nc(=O)n(Cc2ccc(OC)cc2)c1=O. The average Bonchev–Trinajstić information content (AvgIpc) is 2.80. The van der Waals surface area contributed by atoms with Crippen LogP contribution >= 0.6 is 0 Å². The zero-order chi connectivity index (χ0) is 22.9. The summed E-state index contributed by atoms with van der Waals surface area (Å²) in [5.41, 5.74) is 6.50. The standard InChI is InChI=1S/C23H30N6O3/c1-3-4-5-6-14-28-21(26-15-18-8-7-13-25-20(18)24)27-22(30)29(23(28)31)16-17-9-11-19(32-2)12-10-17/h7-13H,3-6,14-16H2,1-2H3,(H2,24,25)(H,26,27,30). The first-order valence-corrected chi connectivity index (χ1v) is 10.8. The summed E-state index contributed by atoms with van der Waals surface area (Å²) in [6, 6.07) is 10.9. The van der Waals surface area contributed by atoms with Crippen LogP contribution < -0.4 is 27.2 Å². The molecule has 0 saturated carbocycles. The number of unbranched alkanes of at least 4 members (excludes halogenated alkanes) is 3. The Bertz CT molecular complexity index is 1140. The molecule has 0 aliphatic rings. The van der Waals surface area contributed by atoms with Gasteiger partial charge in [0.05, 0.1) is 13.7 Å². The predicted molar refractivity (Wildman–Crippen MR) is 125 cm³/mol. The fourth-order valence-corrected chi connectivity index (χ4v) is 3.39. The van der Waals surface area contributed by atoms with Crippen LogP contribution in [-0.4, -0.2) is 26.2 Å². The molecule has 3 N–H and O–H groups in total. The second kappa shape index (κ2) is 11.1. The number of ether oxygens (including phenoxy) is 1. The van der Waals surface area contributed by atoms with E-state index in [-0.39, 0.29) is 18.2 Å². The van der Waals surface area contributed by atoms with Crippen molar-refractivity contribution in [2.75, 3.05) is 18.2 Å². The number of benzene rings is 1. The van der Waals surface area contributed by atoms with Gasteiger partial charge >= 0.3 is 11.4 Å². The largest absolute Gasteiger partial charge is 0.497 e. The third-order valence-electron chi connectivity index (χ3n) is 5.25. The second-order valence-electron chi connectivity index (χ2n) is 7.55. The summed E-state index contributed by atoms with van der Waals surface area (Å²) >= 11 is 0. The number of nitrogens with two attached hydrogens (primary N) is 1. The average molecular weight is 439 g/mol. The van der Waals surface area contributed by atoms with Crippen LogP contribution in [0.25, 0.3) is 0 Å². The summed E-state index contributed by atoms with van der Waals surface area (Å²) in [5, 5.41) is 3.10. The topological polar surface area (TPSA) is 117 Å². The van der Waals surface area contributed by atoms with Crippen molar-refractivity contribution in [3.05, 3.63) is 74.7 Å². The molecule has 2 heterocycles. The number of hydrogen-bond donors (Lipinski definition) is 2. The van der Waals surface area contributed by atoms with Gasteiger partial charge in [-0.05, 0) is 30.2 Å². The molecule has 32 heavy (non-hydrogen) atoms. The van der Waals surface area contributed by atoms with Crippen molar-refractivity contribution in [3.63, 3.8) is 0 Å². The number of aromatic nitrogens is 4. The van der Waals surface area contributed by atoms with Gasteiger partial charge in [-0.2, -0.15) is 4.98 Å². The lowest BCUT2D eigenvalue weighted by molar-refractivity contribution is 0.414. The number of anilines is 2. The van der Waals surface area contributed by atoms with Gasteiger partial charge in [-0.15, -0.1) is 0 Å². The molecule has 0 unspecified atom stereocenters. The molecule has 9 heteroatoms. The second-order valence-corrected chi connectivity index (χ2v) is 7.55. The van der Waals surface area contributed by atoms with E-state index in [9.17, 15) is 9.59 Å². The number of nitrogens with one attached hydrogen (secondary N) is 1. The van der Waals surface area contributed by atoms with Crippen molar-refractivity contribution in [1.82, 2.24) is 19.1 Å². The van der Waals surface area contributed by atoms with E-state index < -0.39 is 5.69 Å². The Balaban J connectivity index is 1.90. The van der Waals surface area contributed by atoms with E-state index in [2.05, 4.69) is 22.2 Å². The maximum absolute atomic E-state index is 13.3. The third kappa shape index (κ3) is 5.75. The van der Waals surface area contributed by atoms with Crippen molar-refractivity contribution in [3.8, 4) is 5.75 Å². The summed E-state index contributed by atoms with van der Waals surface area (Å²) in [6.07, 6.45) is 5.61. The number of methoxy groups -OCH3 is 1. The summed E-state index contributed by atoms with van der Waals surface area (Å²) in [7, 11) is 1.59. The van der Waals surface area contributed by atoms with Crippen LogP contribution in [0.4, 0.5) is 11.8 Å². The fourth-order valence-electron chi connectivity index (χ4n) is 3.39. The van der Waals surface area contributed by atoms with Crippen LogP contribution in [-0.2, 0) is 19.6 Å². The van der Waals surface area contributed by atoms with E-state index in [1.54, 1.807) is 31.5 Å². The molecule has 170 valence electrons. The van der Waals surface area contributed by atoms with Crippen molar-refractivity contribution in [1.29, 1.82) is 0 Å². The van der Waals surface area contributed by atoms with Gasteiger partial charge in [0.25, 0.3) is 0 Å². The van der Waals surface area contributed by atoms with Gasteiger partial charge in [0.1, 0.15) is 11.6 Å². The Hall–Kier alpha value is -3.62. The van der Waals surface area contributed by atoms with Crippen molar-refractivity contribution < 1.29 is 4.74 Å². The lowest BCUT2D eigenvalue weighted by Crippen LogP contribution is -2.43. The zero-order valence-electron chi connectivity index (χ0n) is 18.6. The van der Waals surface area contributed by atoms with Gasteiger partial charge in [-0.1, -0.05) is 44.4 Å². The quantitative estimate of drug-likeness (QED) is 0.442. The Labute approximate surface area is 186 Å². The third-order valence-corrected chi connectivity index (χ3v) is 5.25. The van der Waals surface area contributed by atoms with E-state index in [4.69, 9.17) is 10.5 Å². The highest BCUT2D eigenvalue weighted by molar-refractivity contribution is 5.41. The maximum atomic E-state index is 13.3. The van der Waals surface area contributed by atoms with Gasteiger partial charge < -0.3 is 15.8 Å². The van der Waals surface area contributed by atoms with Crippen LogP contribution in [0.15, 0.2) is 52.2 Å². The van der Waals surface area contributed by atoms with E-state index in [0.29, 0.717) is 24.7 Å². The molecule has 0 aliphatic heterocycles. The predicted octanol–water partition coefficient (Wildman–Crippen LogP) is 2.63. The normalized spacial score (nSPS) is 10.8. The Morgan fingerprint density at radius 2 is 1.84 bits per heavy atom. The summed E-state index contributed by atoms with van der Waals surface area (Å²) in [4.78, 5) is 34.2. The van der Waals surface area contributed by atoms with Gasteiger partial charge in [0.15, 0.2) is 0 Å². The molecule has 0 bridgehead atoms. The molecule has 2 aromatic heterocycles. The number of pyridine rings is 1. The van der Waals surface area contributed by atoms with Gasteiger partial charge in [0, 0.05) is 24.8 Å². The molecule has 0 fully saturated rings. The van der Waals surface area contributed by atoms with Crippen LogP contribution in [0.3, 0.4) is 0 Å². The Morgan fingerprint density at radius 3 is 2.53 bits per heavy atom. The first-order valence-electron chi connectivity index (χ1n) is 10.8. The number of hydrogen-bond acceptors (Lipinski definition) is 7. The summed E-state index contributed by atoms with van der Waals surface area (Å²) < 4.78 is 7.86. The molecular weight excluding hydrogens is 408 g/mol. The summed E-state index contributed by atoms with van der Waals surface area (Å²) in [5.74, 6) is 1.34. The first kappa shape index (κ1) is 23.1. The fraction of sp³-hybridized carbons (Fsp3) is 0.391. The monoisotopic (exact) mass is 438 g/mol. The van der Waals surface area contributed by atoms with Gasteiger partial charge in [-0.25, -0.2) is 19.1 Å². The highest BCUT2D eigenvalue weighted by Gasteiger charge is 2.14. The Morgan fingerprint density at radius 1 is 1.06 bits per heavy atom. The van der Waals surface area contributed by atoms with Crippen molar-refractivity contribution >= 4 is 11.8 Å². The minimum absolute atomic E-state index is 0.138. The molecular formula is C23H30N6O3. The number of rotatable bonds is 11. The van der Waals surface area contributed by atoms with Crippen LogP contribution in [0, 0.1) is 0 Å². The van der Waals surface area contributed by atoms with E-state index in [1.165, 1.54) is 4.57 Å². The van der Waals surface area contributed by atoms with E-state index >= 15 is 0 Å². The van der Waals surface area contributed by atoms with E-state index in [0.717, 1.165) is 41.4 Å². The molecule has 3 aromatic rings. The van der Waals surface area contributed by atoms with Crippen LogP contribution in [0.2, 0.25) is 0 Å². The number of nitrogens with zero attached hydrogens (tertiary/aromatic N) is 4. The van der Waals surface area contributed by atoms with Crippen LogP contribution in [0.5, 0.6) is 5.75 Å². The molecule has 0 aliphatic carbocycles. The Kier molecular flexibility index (Phi) is 8.02. The summed E-state index contributed by atoms with van der Waals surface area (Å²) in [6.45, 7) is 3.05. The highest BCUT2D eigenvalue weighted by Crippen LogP contribution is 2.13. The molecule has 0 radical (unpaired) electrons. The van der Waals surface area contributed by atoms with Crippen LogP contribution in [0.1, 0.15) is 43.7 Å². The minimum Gasteiger partial charge on any atom is -0.497 e. The lowest BCUT2D eigenvalue weighted by atomic mass is 10.2. The highest BCUT2D eigenvalue weighted by atomic mass is 16.5. The molecule has 3 rings (SSSR count). The maximum Gasteiger partial charge on any atom is 0.355 e. The molecule has 0 amide bonds. The molecule has 0 spiro atoms. The molecule has 0 atom stereocenters. The molecule has 9 nitrogen and oxygen atoms in total. The van der Waals surface area contributed by atoms with Gasteiger partial charge in [-0.3, -0.25) is 4.57 Å². The van der Waals surface area contributed by atoms with Crippen molar-refractivity contribution in [2.24, 2.45) is 0 Å². The van der Waals surface area contributed by atoms with Crippen molar-refractivity contribution in [2.45, 2.75) is 52.2 Å². The van der Waals surface area contributed by atoms with E-state index in [1.807, 2.05) is 18.2 Å². The minimum atomic E-state index is -0.600.